The van der Waals surface area contributed by atoms with Crippen LogP contribution in [-0.2, 0) is 22.7 Å². The third kappa shape index (κ3) is 5.93. The number of hydrogen-bond donors (Lipinski definition) is 1. The van der Waals surface area contributed by atoms with E-state index in [-0.39, 0.29) is 6.10 Å². The zero-order valence-electron chi connectivity index (χ0n) is 14.2. The van der Waals surface area contributed by atoms with Crippen molar-refractivity contribution in [1.82, 2.24) is 0 Å². The fourth-order valence-corrected chi connectivity index (χ4v) is 2.56. The molecule has 0 spiro atoms. The maximum Gasteiger partial charge on any atom is 0.110 e. The van der Waals surface area contributed by atoms with Crippen molar-refractivity contribution in [2.24, 2.45) is 0 Å². The van der Waals surface area contributed by atoms with Gasteiger partial charge in [-0.05, 0) is 24.5 Å². The van der Waals surface area contributed by atoms with E-state index in [1.54, 1.807) is 13.0 Å². The van der Waals surface area contributed by atoms with Gasteiger partial charge in [-0.1, -0.05) is 66.7 Å². The minimum atomic E-state index is -0.630. The molecular formula is C21H26O3. The lowest BCUT2D eigenvalue weighted by molar-refractivity contribution is -0.126. The molecule has 3 nitrogen and oxygen atoms in total. The third-order valence-electron chi connectivity index (χ3n) is 3.83. The third-order valence-corrected chi connectivity index (χ3v) is 3.83. The average Bonchev–Trinajstić information content (AvgIpc) is 2.61. The van der Waals surface area contributed by atoms with E-state index in [1.807, 2.05) is 60.7 Å². The van der Waals surface area contributed by atoms with Gasteiger partial charge in [0.25, 0.3) is 0 Å². The number of hydrogen-bond acceptors (Lipinski definition) is 3. The number of rotatable bonds is 10. The first kappa shape index (κ1) is 18.4. The molecule has 0 aliphatic carbocycles. The van der Waals surface area contributed by atoms with E-state index in [9.17, 15) is 5.11 Å². The van der Waals surface area contributed by atoms with Gasteiger partial charge in [0.1, 0.15) is 6.10 Å². The first-order valence-corrected chi connectivity index (χ1v) is 8.30. The van der Waals surface area contributed by atoms with Gasteiger partial charge < -0.3 is 14.6 Å². The van der Waals surface area contributed by atoms with Crippen LogP contribution in [0, 0.1) is 0 Å². The minimum absolute atomic E-state index is 0.244. The quantitative estimate of drug-likeness (QED) is 0.668. The van der Waals surface area contributed by atoms with E-state index in [1.165, 1.54) is 0 Å². The first-order chi connectivity index (χ1) is 11.7. The highest BCUT2D eigenvalue weighted by Gasteiger charge is 2.26. The van der Waals surface area contributed by atoms with Crippen LogP contribution in [0.1, 0.15) is 24.5 Å². The molecule has 3 heteroatoms. The van der Waals surface area contributed by atoms with Crippen molar-refractivity contribution in [3.05, 3.63) is 84.4 Å². The Morgan fingerprint density at radius 3 is 1.88 bits per heavy atom. The SMILES string of the molecule is C=CC[C@H](OCc1ccccc1)[C@@H](OCc1ccccc1)[C@H](C)O. The van der Waals surface area contributed by atoms with Gasteiger partial charge in [-0.3, -0.25) is 0 Å². The number of aliphatic hydroxyl groups is 1. The standard InChI is InChI=1S/C21H26O3/c1-3-10-20(23-15-18-11-6-4-7-12-18)21(17(2)22)24-16-19-13-8-5-9-14-19/h3-9,11-14,17,20-22H,1,10,15-16H2,2H3/t17-,20-,21-/m0/s1. The molecule has 0 fully saturated rings. The van der Waals surface area contributed by atoms with Crippen LogP contribution in [0.15, 0.2) is 73.3 Å². The Hall–Kier alpha value is -1.94. The van der Waals surface area contributed by atoms with Gasteiger partial charge in [0.05, 0.1) is 25.4 Å². The molecule has 0 bridgehead atoms. The van der Waals surface area contributed by atoms with Crippen molar-refractivity contribution in [1.29, 1.82) is 0 Å². The largest absolute Gasteiger partial charge is 0.391 e. The second kappa shape index (κ2) is 10.0. The monoisotopic (exact) mass is 326 g/mol. The molecule has 0 aliphatic rings. The van der Waals surface area contributed by atoms with Crippen molar-refractivity contribution in [2.45, 2.75) is 44.9 Å². The zero-order chi connectivity index (χ0) is 17.2. The van der Waals surface area contributed by atoms with Gasteiger partial charge >= 0.3 is 0 Å². The molecule has 0 saturated heterocycles. The Morgan fingerprint density at radius 1 is 0.917 bits per heavy atom. The van der Waals surface area contributed by atoms with E-state index >= 15 is 0 Å². The van der Waals surface area contributed by atoms with Gasteiger partial charge in [0.2, 0.25) is 0 Å². The van der Waals surface area contributed by atoms with E-state index < -0.39 is 12.2 Å². The summed E-state index contributed by atoms with van der Waals surface area (Å²) in [4.78, 5) is 0. The minimum Gasteiger partial charge on any atom is -0.391 e. The molecule has 2 aromatic carbocycles. The fourth-order valence-electron chi connectivity index (χ4n) is 2.56. The number of aliphatic hydroxyl groups excluding tert-OH is 1. The van der Waals surface area contributed by atoms with Gasteiger partial charge in [0.15, 0.2) is 0 Å². The van der Waals surface area contributed by atoms with Crippen LogP contribution < -0.4 is 0 Å². The smallest absolute Gasteiger partial charge is 0.110 e. The van der Waals surface area contributed by atoms with Crippen LogP contribution in [-0.4, -0.2) is 23.4 Å². The maximum absolute atomic E-state index is 10.1. The summed E-state index contributed by atoms with van der Waals surface area (Å²) < 4.78 is 12.0. The molecule has 2 rings (SSSR count). The average molecular weight is 326 g/mol. The molecule has 128 valence electrons. The van der Waals surface area contributed by atoms with Crippen molar-refractivity contribution >= 4 is 0 Å². The fraction of sp³-hybridized carbons (Fsp3) is 0.333. The van der Waals surface area contributed by atoms with Gasteiger partial charge in [0, 0.05) is 0 Å². The summed E-state index contributed by atoms with van der Waals surface area (Å²) in [6.45, 7) is 6.46. The number of ether oxygens (including phenoxy) is 2. The van der Waals surface area contributed by atoms with Crippen LogP contribution in [0.2, 0.25) is 0 Å². The van der Waals surface area contributed by atoms with Gasteiger partial charge in [-0.25, -0.2) is 0 Å². The molecule has 1 N–H and O–H groups in total. The van der Waals surface area contributed by atoms with Crippen molar-refractivity contribution in [3.63, 3.8) is 0 Å². The molecule has 0 amide bonds. The lowest BCUT2D eigenvalue weighted by Gasteiger charge is -2.29. The zero-order valence-corrected chi connectivity index (χ0v) is 14.2. The van der Waals surface area contributed by atoms with Crippen molar-refractivity contribution < 1.29 is 14.6 Å². The van der Waals surface area contributed by atoms with E-state index in [2.05, 4.69) is 6.58 Å². The van der Waals surface area contributed by atoms with Crippen LogP contribution in [0.25, 0.3) is 0 Å². The van der Waals surface area contributed by atoms with E-state index in [4.69, 9.17) is 9.47 Å². The topological polar surface area (TPSA) is 38.7 Å². The second-order valence-corrected chi connectivity index (χ2v) is 5.86. The summed E-state index contributed by atoms with van der Waals surface area (Å²) in [5.41, 5.74) is 2.17. The summed E-state index contributed by atoms with van der Waals surface area (Å²) in [5.74, 6) is 0. The summed E-state index contributed by atoms with van der Waals surface area (Å²) in [6.07, 6.45) is 1.14. The van der Waals surface area contributed by atoms with Crippen LogP contribution in [0.3, 0.4) is 0 Å². The first-order valence-electron chi connectivity index (χ1n) is 8.30. The Balaban J connectivity index is 1.98. The lowest BCUT2D eigenvalue weighted by atomic mass is 10.1. The van der Waals surface area contributed by atoms with Gasteiger partial charge in [-0.15, -0.1) is 6.58 Å². The number of benzene rings is 2. The molecule has 0 aliphatic heterocycles. The highest BCUT2D eigenvalue weighted by atomic mass is 16.5. The summed E-state index contributed by atoms with van der Waals surface area (Å²) in [5, 5.41) is 10.1. The molecule has 24 heavy (non-hydrogen) atoms. The summed E-state index contributed by atoms with van der Waals surface area (Å²) in [7, 11) is 0. The lowest BCUT2D eigenvalue weighted by Crippen LogP contribution is -2.39. The second-order valence-electron chi connectivity index (χ2n) is 5.86. The predicted molar refractivity (Wildman–Crippen MR) is 96.5 cm³/mol. The molecular weight excluding hydrogens is 300 g/mol. The van der Waals surface area contributed by atoms with E-state index in [0.717, 1.165) is 11.1 Å². The Kier molecular flexibility index (Phi) is 7.69. The summed E-state index contributed by atoms with van der Waals surface area (Å²) >= 11 is 0. The molecule has 0 heterocycles. The molecule has 0 saturated carbocycles. The van der Waals surface area contributed by atoms with Gasteiger partial charge in [-0.2, -0.15) is 0 Å². The van der Waals surface area contributed by atoms with Crippen LogP contribution >= 0.6 is 0 Å². The Bertz CT molecular complexity index is 581. The summed E-state index contributed by atoms with van der Waals surface area (Å²) in [6, 6.07) is 19.9. The molecule has 0 radical (unpaired) electrons. The predicted octanol–water partition coefficient (Wildman–Crippen LogP) is 4.11. The van der Waals surface area contributed by atoms with Crippen molar-refractivity contribution in [3.8, 4) is 0 Å². The Morgan fingerprint density at radius 2 is 1.42 bits per heavy atom. The highest BCUT2D eigenvalue weighted by Crippen LogP contribution is 2.17. The normalized spacial score (nSPS) is 14.8. The molecule has 0 aromatic heterocycles. The highest BCUT2D eigenvalue weighted by molar-refractivity contribution is 5.14. The Labute approximate surface area is 144 Å². The van der Waals surface area contributed by atoms with Crippen LogP contribution in [0.5, 0.6) is 0 Å². The molecule has 3 atom stereocenters. The molecule has 0 unspecified atom stereocenters. The molecule has 2 aromatic rings. The van der Waals surface area contributed by atoms with Crippen LogP contribution in [0.4, 0.5) is 0 Å². The van der Waals surface area contributed by atoms with Crippen molar-refractivity contribution in [2.75, 3.05) is 0 Å². The van der Waals surface area contributed by atoms with E-state index in [0.29, 0.717) is 19.6 Å². The maximum atomic E-state index is 10.1.